The van der Waals surface area contributed by atoms with Gasteiger partial charge in [0, 0.05) is 12.3 Å². The summed E-state index contributed by atoms with van der Waals surface area (Å²) >= 11 is 1.56. The predicted molar refractivity (Wildman–Crippen MR) is 74.4 cm³/mol. The lowest BCUT2D eigenvalue weighted by atomic mass is 10.2. The van der Waals surface area contributed by atoms with E-state index in [0.29, 0.717) is 5.75 Å². The van der Waals surface area contributed by atoms with Crippen LogP contribution in [0.2, 0.25) is 0 Å². The Morgan fingerprint density at radius 1 is 1.55 bits per heavy atom. The van der Waals surface area contributed by atoms with E-state index in [2.05, 4.69) is 11.9 Å². The van der Waals surface area contributed by atoms with E-state index in [1.807, 2.05) is 6.92 Å². The first-order valence-electron chi connectivity index (χ1n) is 6.14. The van der Waals surface area contributed by atoms with Crippen molar-refractivity contribution in [2.45, 2.75) is 24.8 Å². The Balaban J connectivity index is 2.69. The summed E-state index contributed by atoms with van der Waals surface area (Å²) in [6.45, 7) is 5.08. The molecule has 7 nitrogen and oxygen atoms in total. The summed E-state index contributed by atoms with van der Waals surface area (Å²) in [5.74, 6) is -1.00. The van der Waals surface area contributed by atoms with Gasteiger partial charge in [0.25, 0.3) is 0 Å². The van der Waals surface area contributed by atoms with E-state index in [1.54, 1.807) is 11.8 Å². The molecule has 1 saturated heterocycles. The topological polar surface area (TPSA) is 95.9 Å². The lowest BCUT2D eigenvalue weighted by molar-refractivity contribution is -0.138. The molecule has 20 heavy (non-hydrogen) atoms. The summed E-state index contributed by atoms with van der Waals surface area (Å²) in [5.41, 5.74) is 0. The van der Waals surface area contributed by atoms with E-state index in [0.717, 1.165) is 4.90 Å². The molecule has 1 fully saturated rings. The smallest absolute Gasteiger partial charge is 0.416 e. The average Bonchev–Trinajstić information content (AvgIpc) is 2.82. The van der Waals surface area contributed by atoms with Crippen molar-refractivity contribution < 1.29 is 24.2 Å². The lowest BCUT2D eigenvalue weighted by Gasteiger charge is -2.22. The van der Waals surface area contributed by atoms with Crippen LogP contribution in [-0.2, 0) is 14.3 Å². The third-order valence-electron chi connectivity index (χ3n) is 2.61. The Morgan fingerprint density at radius 2 is 2.25 bits per heavy atom. The number of carboxylic acids is 1. The van der Waals surface area contributed by atoms with Crippen LogP contribution < -0.4 is 5.32 Å². The molecule has 0 aliphatic carbocycles. The van der Waals surface area contributed by atoms with E-state index < -0.39 is 24.0 Å². The number of aliphatic carboxylic acids is 1. The molecular formula is C12H18N2O5S. The van der Waals surface area contributed by atoms with Gasteiger partial charge in [0.05, 0.1) is 17.8 Å². The molecule has 0 aromatic rings. The van der Waals surface area contributed by atoms with Gasteiger partial charge >= 0.3 is 12.1 Å². The molecule has 2 atom stereocenters. The number of ether oxygens (including phenoxy) is 1. The minimum Gasteiger partial charge on any atom is -0.481 e. The average molecular weight is 302 g/mol. The SMILES string of the molecule is C=CCOC(=O)N(CCC(=O)O)C(=O)C1CSC(C)N1. The number of nitrogens with one attached hydrogen (secondary N) is 1. The van der Waals surface area contributed by atoms with Gasteiger partial charge in [-0.15, -0.1) is 11.8 Å². The Hall–Kier alpha value is -1.54. The summed E-state index contributed by atoms with van der Waals surface area (Å²) < 4.78 is 4.81. The summed E-state index contributed by atoms with van der Waals surface area (Å²) in [5, 5.41) is 11.8. The molecule has 0 bridgehead atoms. The van der Waals surface area contributed by atoms with Crippen LogP contribution in [0.15, 0.2) is 12.7 Å². The molecule has 1 aliphatic heterocycles. The van der Waals surface area contributed by atoms with Gasteiger partial charge in [0.15, 0.2) is 0 Å². The highest BCUT2D eigenvalue weighted by molar-refractivity contribution is 8.00. The zero-order valence-corrected chi connectivity index (χ0v) is 12.0. The van der Waals surface area contributed by atoms with Crippen LogP contribution in [-0.4, -0.2) is 58.3 Å². The normalized spacial score (nSPS) is 21.2. The van der Waals surface area contributed by atoms with Crippen LogP contribution in [0.4, 0.5) is 4.79 Å². The first-order chi connectivity index (χ1) is 9.45. The highest BCUT2D eigenvalue weighted by atomic mass is 32.2. The maximum absolute atomic E-state index is 12.2. The molecule has 8 heteroatoms. The van der Waals surface area contributed by atoms with Crippen LogP contribution in [0.5, 0.6) is 0 Å². The number of amides is 2. The third kappa shape index (κ3) is 4.86. The highest BCUT2D eigenvalue weighted by Crippen LogP contribution is 2.19. The van der Waals surface area contributed by atoms with Crippen LogP contribution >= 0.6 is 11.8 Å². The maximum atomic E-state index is 12.2. The van der Waals surface area contributed by atoms with Gasteiger partial charge in [0.2, 0.25) is 5.91 Å². The summed E-state index contributed by atoms with van der Waals surface area (Å²) in [6, 6.07) is -0.500. The number of hydrogen-bond acceptors (Lipinski definition) is 6. The molecule has 0 aromatic heterocycles. The van der Waals surface area contributed by atoms with Crippen LogP contribution in [0, 0.1) is 0 Å². The van der Waals surface area contributed by atoms with Gasteiger partial charge < -0.3 is 9.84 Å². The fraction of sp³-hybridized carbons (Fsp3) is 0.583. The molecule has 1 heterocycles. The van der Waals surface area contributed by atoms with Crippen molar-refractivity contribution in [1.82, 2.24) is 10.2 Å². The second-order valence-electron chi connectivity index (χ2n) is 4.19. The van der Waals surface area contributed by atoms with Crippen molar-refractivity contribution in [2.24, 2.45) is 0 Å². The van der Waals surface area contributed by atoms with Gasteiger partial charge in [-0.25, -0.2) is 9.69 Å². The predicted octanol–water partition coefficient (Wildman–Crippen LogP) is 0.663. The van der Waals surface area contributed by atoms with Crippen molar-refractivity contribution >= 4 is 29.7 Å². The van der Waals surface area contributed by atoms with Gasteiger partial charge in [-0.05, 0) is 6.92 Å². The number of carbonyl (C=O) groups excluding carboxylic acids is 2. The minimum atomic E-state index is -1.08. The lowest BCUT2D eigenvalue weighted by Crippen LogP contribution is -2.49. The summed E-state index contributed by atoms with van der Waals surface area (Å²) in [4.78, 5) is 35.5. The molecule has 112 valence electrons. The zero-order chi connectivity index (χ0) is 15.1. The standard InChI is InChI=1S/C12H18N2O5S/c1-3-6-19-12(18)14(5-4-10(15)16)11(17)9-7-20-8(2)13-9/h3,8-9,13H,1,4-7H2,2H3,(H,15,16). The van der Waals surface area contributed by atoms with Gasteiger partial charge in [-0.3, -0.25) is 14.9 Å². The second kappa shape index (κ2) is 7.91. The Morgan fingerprint density at radius 3 is 2.75 bits per heavy atom. The van der Waals surface area contributed by atoms with E-state index >= 15 is 0 Å². The third-order valence-corrected chi connectivity index (χ3v) is 3.77. The highest BCUT2D eigenvalue weighted by Gasteiger charge is 2.34. The van der Waals surface area contributed by atoms with Crippen LogP contribution in [0.1, 0.15) is 13.3 Å². The molecular weight excluding hydrogens is 284 g/mol. The molecule has 1 rings (SSSR count). The second-order valence-corrected chi connectivity index (χ2v) is 5.57. The number of carboxylic acid groups (broad SMARTS) is 1. The Kier molecular flexibility index (Phi) is 6.53. The maximum Gasteiger partial charge on any atom is 0.416 e. The van der Waals surface area contributed by atoms with Gasteiger partial charge in [-0.1, -0.05) is 12.7 Å². The number of carbonyl (C=O) groups is 3. The molecule has 0 saturated carbocycles. The van der Waals surface area contributed by atoms with Crippen molar-refractivity contribution in [2.75, 3.05) is 18.9 Å². The monoisotopic (exact) mass is 302 g/mol. The molecule has 0 radical (unpaired) electrons. The Bertz CT molecular complexity index is 401. The quantitative estimate of drug-likeness (QED) is 0.696. The van der Waals surface area contributed by atoms with E-state index in [1.165, 1.54) is 6.08 Å². The number of rotatable bonds is 6. The number of nitrogens with zero attached hydrogens (tertiary/aromatic N) is 1. The first kappa shape index (κ1) is 16.5. The van der Waals surface area contributed by atoms with E-state index in [9.17, 15) is 14.4 Å². The zero-order valence-electron chi connectivity index (χ0n) is 11.2. The van der Waals surface area contributed by atoms with E-state index in [4.69, 9.17) is 9.84 Å². The Labute approximate surface area is 121 Å². The van der Waals surface area contributed by atoms with Crippen molar-refractivity contribution in [1.29, 1.82) is 0 Å². The first-order valence-corrected chi connectivity index (χ1v) is 7.19. The molecule has 2 amide bonds. The van der Waals surface area contributed by atoms with E-state index in [-0.39, 0.29) is 24.9 Å². The number of imide groups is 1. The minimum absolute atomic E-state index is 0.0288. The van der Waals surface area contributed by atoms with Gasteiger partial charge in [0.1, 0.15) is 6.61 Å². The van der Waals surface area contributed by atoms with Crippen molar-refractivity contribution in [3.63, 3.8) is 0 Å². The molecule has 1 aliphatic rings. The molecule has 0 aromatic carbocycles. The van der Waals surface area contributed by atoms with Crippen LogP contribution in [0.3, 0.4) is 0 Å². The summed E-state index contributed by atoms with van der Waals surface area (Å²) in [7, 11) is 0. The van der Waals surface area contributed by atoms with Crippen LogP contribution in [0.25, 0.3) is 0 Å². The van der Waals surface area contributed by atoms with Crippen molar-refractivity contribution in [3.05, 3.63) is 12.7 Å². The number of hydrogen-bond donors (Lipinski definition) is 2. The fourth-order valence-electron chi connectivity index (χ4n) is 1.66. The van der Waals surface area contributed by atoms with Gasteiger partial charge in [-0.2, -0.15) is 0 Å². The summed E-state index contributed by atoms with van der Waals surface area (Å²) in [6.07, 6.45) is 0.218. The largest absolute Gasteiger partial charge is 0.481 e. The molecule has 2 N–H and O–H groups in total. The van der Waals surface area contributed by atoms with Crippen molar-refractivity contribution in [3.8, 4) is 0 Å². The molecule has 2 unspecified atom stereocenters. The molecule has 0 spiro atoms. The fourth-order valence-corrected chi connectivity index (χ4v) is 2.64. The number of thioether (sulfide) groups is 1.